The Bertz CT molecular complexity index is 1240. The molecule has 6 heteroatoms. The van der Waals surface area contributed by atoms with Gasteiger partial charge in [0.15, 0.2) is 0 Å². The topological polar surface area (TPSA) is 80.1 Å². The molecular weight excluding hydrogens is 390 g/mol. The van der Waals surface area contributed by atoms with Crippen LogP contribution in [0.5, 0.6) is 0 Å². The number of benzene rings is 4. The molecule has 4 rings (SSSR count). The SMILES string of the molecule is O=C(Cc1ccccc1)ONc1ccc(N=NC(=O)c2ccc3ccccc3c2)cc1. The van der Waals surface area contributed by atoms with E-state index in [0.29, 0.717) is 16.9 Å². The van der Waals surface area contributed by atoms with Crippen LogP contribution in [0.1, 0.15) is 15.9 Å². The van der Waals surface area contributed by atoms with E-state index in [1.54, 1.807) is 36.4 Å². The fourth-order valence-corrected chi connectivity index (χ4v) is 2.99. The van der Waals surface area contributed by atoms with Crippen molar-refractivity contribution in [1.29, 1.82) is 0 Å². The van der Waals surface area contributed by atoms with E-state index in [9.17, 15) is 9.59 Å². The zero-order valence-corrected chi connectivity index (χ0v) is 16.6. The highest BCUT2D eigenvalue weighted by atomic mass is 16.7. The summed E-state index contributed by atoms with van der Waals surface area (Å²) in [5.74, 6) is -0.807. The molecule has 6 nitrogen and oxygen atoms in total. The van der Waals surface area contributed by atoms with E-state index in [2.05, 4.69) is 15.7 Å². The maximum absolute atomic E-state index is 12.3. The molecule has 0 aliphatic rings. The van der Waals surface area contributed by atoms with Crippen LogP contribution in [0.2, 0.25) is 0 Å². The molecule has 0 unspecified atom stereocenters. The van der Waals surface area contributed by atoms with Gasteiger partial charge in [0.05, 0.1) is 17.8 Å². The highest BCUT2D eigenvalue weighted by molar-refractivity contribution is 5.98. The molecule has 0 saturated heterocycles. The smallest absolute Gasteiger partial charge is 0.336 e. The van der Waals surface area contributed by atoms with Gasteiger partial charge in [-0.15, -0.1) is 10.2 Å². The Kier molecular flexibility index (Phi) is 6.09. The van der Waals surface area contributed by atoms with E-state index in [0.717, 1.165) is 16.3 Å². The van der Waals surface area contributed by atoms with Gasteiger partial charge in [0.25, 0.3) is 5.91 Å². The second kappa shape index (κ2) is 9.45. The fourth-order valence-electron chi connectivity index (χ4n) is 2.99. The lowest BCUT2D eigenvalue weighted by atomic mass is 10.1. The molecule has 0 fully saturated rings. The first-order valence-corrected chi connectivity index (χ1v) is 9.72. The Morgan fingerprint density at radius 2 is 1.48 bits per heavy atom. The lowest BCUT2D eigenvalue weighted by Gasteiger charge is -2.07. The number of fused-ring (bicyclic) bond motifs is 1. The molecule has 0 spiro atoms. The van der Waals surface area contributed by atoms with Crippen LogP contribution in [0, 0.1) is 0 Å². The summed E-state index contributed by atoms with van der Waals surface area (Å²) >= 11 is 0. The van der Waals surface area contributed by atoms with E-state index in [-0.39, 0.29) is 6.42 Å². The van der Waals surface area contributed by atoms with Gasteiger partial charge in [-0.05, 0) is 52.7 Å². The molecule has 0 bridgehead atoms. The van der Waals surface area contributed by atoms with Crippen LogP contribution in [0.4, 0.5) is 11.4 Å². The summed E-state index contributed by atoms with van der Waals surface area (Å²) in [6.45, 7) is 0. The van der Waals surface area contributed by atoms with Crippen LogP contribution in [0.25, 0.3) is 10.8 Å². The van der Waals surface area contributed by atoms with Crippen LogP contribution in [0.3, 0.4) is 0 Å². The van der Waals surface area contributed by atoms with E-state index >= 15 is 0 Å². The molecule has 0 saturated carbocycles. The summed E-state index contributed by atoms with van der Waals surface area (Å²) in [4.78, 5) is 29.3. The van der Waals surface area contributed by atoms with Crippen molar-refractivity contribution < 1.29 is 14.4 Å². The minimum Gasteiger partial charge on any atom is -0.343 e. The summed E-state index contributed by atoms with van der Waals surface area (Å²) in [5, 5.41) is 9.83. The summed E-state index contributed by atoms with van der Waals surface area (Å²) in [6.07, 6.45) is 0.178. The van der Waals surface area contributed by atoms with Gasteiger partial charge in [-0.3, -0.25) is 4.79 Å². The van der Waals surface area contributed by atoms with E-state index in [4.69, 9.17) is 4.84 Å². The molecular formula is C25H19N3O3. The first kappa shape index (κ1) is 20.0. The predicted octanol–water partition coefficient (Wildman–Crippen LogP) is 5.88. The Balaban J connectivity index is 1.32. The van der Waals surface area contributed by atoms with Crippen LogP contribution >= 0.6 is 0 Å². The molecule has 1 amide bonds. The number of carbonyl (C=O) groups excluding carboxylic acids is 2. The lowest BCUT2D eigenvalue weighted by molar-refractivity contribution is -0.139. The summed E-state index contributed by atoms with van der Waals surface area (Å²) in [5.41, 5.74) is 5.06. The third kappa shape index (κ3) is 5.39. The van der Waals surface area contributed by atoms with Crippen molar-refractivity contribution in [1.82, 2.24) is 0 Å². The van der Waals surface area contributed by atoms with Gasteiger partial charge in [-0.25, -0.2) is 10.3 Å². The van der Waals surface area contributed by atoms with Crippen molar-refractivity contribution in [2.75, 3.05) is 5.48 Å². The van der Waals surface area contributed by atoms with Crippen LogP contribution < -0.4 is 5.48 Å². The number of anilines is 1. The first-order valence-electron chi connectivity index (χ1n) is 9.72. The van der Waals surface area contributed by atoms with Gasteiger partial charge < -0.3 is 4.84 Å². The number of azo groups is 1. The Morgan fingerprint density at radius 1 is 0.774 bits per heavy atom. The number of carbonyl (C=O) groups is 2. The van der Waals surface area contributed by atoms with Crippen molar-refractivity contribution >= 4 is 34.0 Å². The van der Waals surface area contributed by atoms with Crippen molar-refractivity contribution in [2.45, 2.75) is 6.42 Å². The molecule has 0 aromatic heterocycles. The van der Waals surface area contributed by atoms with Gasteiger partial charge in [0, 0.05) is 5.56 Å². The molecule has 31 heavy (non-hydrogen) atoms. The van der Waals surface area contributed by atoms with Gasteiger partial charge in [-0.1, -0.05) is 60.7 Å². The number of amides is 1. The van der Waals surface area contributed by atoms with Gasteiger partial charge in [0.1, 0.15) is 0 Å². The normalized spacial score (nSPS) is 10.8. The molecule has 1 N–H and O–H groups in total. The predicted molar refractivity (Wildman–Crippen MR) is 119 cm³/mol. The van der Waals surface area contributed by atoms with Crippen LogP contribution in [-0.2, 0) is 16.1 Å². The Hall–Kier alpha value is -4.32. The number of nitrogens with one attached hydrogen (secondary N) is 1. The Labute approximate surface area is 179 Å². The number of hydrogen-bond donors (Lipinski definition) is 1. The average Bonchev–Trinajstić information content (AvgIpc) is 2.82. The highest BCUT2D eigenvalue weighted by Gasteiger charge is 2.06. The molecule has 4 aromatic carbocycles. The first-order chi connectivity index (χ1) is 15.2. The third-order valence-corrected chi connectivity index (χ3v) is 4.59. The quantitative estimate of drug-likeness (QED) is 0.319. The maximum atomic E-state index is 12.3. The summed E-state index contributed by atoms with van der Waals surface area (Å²) in [7, 11) is 0. The van der Waals surface area contributed by atoms with Gasteiger partial charge in [-0.2, -0.15) is 0 Å². The zero-order chi connectivity index (χ0) is 21.5. The second-order valence-electron chi connectivity index (χ2n) is 6.85. The summed E-state index contributed by atoms with van der Waals surface area (Å²) in [6, 6.07) is 29.3. The molecule has 152 valence electrons. The van der Waals surface area contributed by atoms with Crippen molar-refractivity contribution in [2.24, 2.45) is 10.2 Å². The van der Waals surface area contributed by atoms with Gasteiger partial charge in [0.2, 0.25) is 0 Å². The second-order valence-corrected chi connectivity index (χ2v) is 6.85. The van der Waals surface area contributed by atoms with Crippen molar-refractivity contribution in [3.63, 3.8) is 0 Å². The third-order valence-electron chi connectivity index (χ3n) is 4.59. The molecule has 0 radical (unpaired) electrons. The molecule has 0 aliphatic carbocycles. The summed E-state index contributed by atoms with van der Waals surface area (Å²) < 4.78 is 0. The van der Waals surface area contributed by atoms with E-state index in [1.807, 2.05) is 60.7 Å². The van der Waals surface area contributed by atoms with E-state index < -0.39 is 11.9 Å². The lowest BCUT2D eigenvalue weighted by Crippen LogP contribution is -2.12. The van der Waals surface area contributed by atoms with Crippen LogP contribution in [0.15, 0.2) is 107 Å². The van der Waals surface area contributed by atoms with Gasteiger partial charge >= 0.3 is 5.97 Å². The number of nitrogens with zero attached hydrogens (tertiary/aromatic N) is 2. The van der Waals surface area contributed by atoms with Crippen LogP contribution in [-0.4, -0.2) is 11.9 Å². The molecule has 0 atom stereocenters. The minimum atomic E-state index is -0.414. The monoisotopic (exact) mass is 409 g/mol. The highest BCUT2D eigenvalue weighted by Crippen LogP contribution is 2.19. The van der Waals surface area contributed by atoms with Crippen molar-refractivity contribution in [3.8, 4) is 0 Å². The standard InChI is InChI=1S/C25H19N3O3/c29-24(16-18-6-2-1-3-7-18)31-28-23-14-12-22(13-15-23)26-27-25(30)21-11-10-19-8-4-5-9-20(19)17-21/h1-15,17,28H,16H2. The van der Waals surface area contributed by atoms with Crippen molar-refractivity contribution in [3.05, 3.63) is 108 Å². The number of rotatable bonds is 6. The molecule has 0 aliphatic heterocycles. The fraction of sp³-hybridized carbons (Fsp3) is 0.0400. The Morgan fingerprint density at radius 3 is 2.26 bits per heavy atom. The maximum Gasteiger partial charge on any atom is 0.336 e. The largest absolute Gasteiger partial charge is 0.343 e. The average molecular weight is 409 g/mol. The zero-order valence-electron chi connectivity index (χ0n) is 16.6. The van der Waals surface area contributed by atoms with E-state index in [1.165, 1.54) is 0 Å². The molecule has 0 heterocycles. The minimum absolute atomic E-state index is 0.178. The number of hydrogen-bond acceptors (Lipinski definition) is 5. The molecule has 4 aromatic rings.